The van der Waals surface area contributed by atoms with Crippen molar-refractivity contribution in [3.05, 3.63) is 0 Å². The minimum absolute atomic E-state index is 0.527. The molecule has 1 aliphatic heterocycles. The molecule has 0 saturated carbocycles. The van der Waals surface area contributed by atoms with Crippen LogP contribution in [0.1, 0.15) is 0 Å². The highest BCUT2D eigenvalue weighted by atomic mass is 16.7. The molecule has 1 rings (SSSR count). The van der Waals surface area contributed by atoms with Crippen molar-refractivity contribution in [1.82, 2.24) is 0 Å². The zero-order valence-electron chi connectivity index (χ0n) is 6.29. The second-order valence-electron chi connectivity index (χ2n) is 2.78. The fraction of sp³-hybridized carbons (Fsp3) is 1.00. The van der Waals surface area contributed by atoms with Gasteiger partial charge in [0, 0.05) is 0 Å². The first-order valence-electron chi connectivity index (χ1n) is 3.53. The summed E-state index contributed by atoms with van der Waals surface area (Å²) in [6, 6.07) is 0. The van der Waals surface area contributed by atoms with E-state index in [-0.39, 0.29) is 0 Å². The molecule has 12 heavy (non-hydrogen) atoms. The highest BCUT2D eigenvalue weighted by molar-refractivity contribution is 4.94. The molecular weight excluding hydrogens is 168 g/mol. The number of hydrogen-bond acceptors (Lipinski definition) is 6. The molecule has 5 N–H and O–H groups in total. The zero-order valence-corrected chi connectivity index (χ0v) is 6.29. The van der Waals surface area contributed by atoms with Gasteiger partial charge in [0.25, 0.3) is 0 Å². The highest BCUT2D eigenvalue weighted by Crippen LogP contribution is 2.28. The third kappa shape index (κ3) is 1.33. The Hall–Kier alpha value is -0.240. The first-order valence-corrected chi connectivity index (χ1v) is 3.53. The minimum atomic E-state index is -2.16. The van der Waals surface area contributed by atoms with E-state index in [0.717, 1.165) is 0 Å². The molecule has 0 radical (unpaired) electrons. The second-order valence-corrected chi connectivity index (χ2v) is 2.78. The topological polar surface area (TPSA) is 110 Å². The molecule has 6 heteroatoms. The lowest BCUT2D eigenvalue weighted by atomic mass is 10.1. The average molecular weight is 180 g/mol. The Morgan fingerprint density at radius 2 is 1.83 bits per heavy atom. The van der Waals surface area contributed by atoms with Crippen molar-refractivity contribution in [3.63, 3.8) is 0 Å². The van der Waals surface area contributed by atoms with E-state index in [1.54, 1.807) is 0 Å². The molecule has 1 heterocycles. The number of ether oxygens (including phenoxy) is 1. The van der Waals surface area contributed by atoms with Gasteiger partial charge in [-0.2, -0.15) is 0 Å². The fourth-order valence-electron chi connectivity index (χ4n) is 1.15. The molecule has 1 fully saturated rings. The summed E-state index contributed by atoms with van der Waals surface area (Å²) in [4.78, 5) is 0. The Bertz CT molecular complexity index is 162. The second kappa shape index (κ2) is 3.25. The molecule has 1 aliphatic rings. The average Bonchev–Trinajstić information content (AvgIpc) is 2.31. The maximum absolute atomic E-state index is 9.25. The summed E-state index contributed by atoms with van der Waals surface area (Å²) < 4.78 is 4.63. The first-order chi connectivity index (χ1) is 5.55. The van der Waals surface area contributed by atoms with Gasteiger partial charge in [0.1, 0.15) is 18.3 Å². The quantitative estimate of drug-likeness (QED) is 0.306. The van der Waals surface area contributed by atoms with Gasteiger partial charge in [-0.25, -0.2) is 0 Å². The van der Waals surface area contributed by atoms with E-state index >= 15 is 0 Å². The van der Waals surface area contributed by atoms with Gasteiger partial charge in [-0.15, -0.1) is 0 Å². The van der Waals surface area contributed by atoms with Gasteiger partial charge in [-0.05, 0) is 0 Å². The molecule has 1 unspecified atom stereocenters. The standard InChI is InChI=1S/C6H12O6/c7-1-3-4(9)5(10)6(11,2-8)12-3/h3-5,7-11H,1-2H2/t3-,4+,5-,6?/m0/s1. The van der Waals surface area contributed by atoms with Crippen LogP contribution < -0.4 is 0 Å². The van der Waals surface area contributed by atoms with Crippen molar-refractivity contribution in [1.29, 1.82) is 0 Å². The number of hydrogen-bond donors (Lipinski definition) is 5. The summed E-state index contributed by atoms with van der Waals surface area (Å²) in [5.74, 6) is -2.16. The van der Waals surface area contributed by atoms with Gasteiger partial charge in [0.15, 0.2) is 0 Å². The van der Waals surface area contributed by atoms with Crippen LogP contribution in [-0.2, 0) is 4.74 Å². The van der Waals surface area contributed by atoms with Crippen molar-refractivity contribution in [3.8, 4) is 0 Å². The molecule has 4 atom stereocenters. The van der Waals surface area contributed by atoms with E-state index in [4.69, 9.17) is 20.4 Å². The molecule has 0 aromatic heterocycles. The summed E-state index contributed by atoms with van der Waals surface area (Å²) in [5.41, 5.74) is 0. The minimum Gasteiger partial charge on any atom is -0.394 e. The third-order valence-corrected chi connectivity index (χ3v) is 1.93. The van der Waals surface area contributed by atoms with E-state index in [1.165, 1.54) is 0 Å². The van der Waals surface area contributed by atoms with Crippen LogP contribution in [0.15, 0.2) is 0 Å². The fourth-order valence-corrected chi connectivity index (χ4v) is 1.15. The molecule has 0 amide bonds. The predicted octanol–water partition coefficient (Wildman–Crippen LogP) is -3.22. The van der Waals surface area contributed by atoms with Crippen LogP contribution in [0.4, 0.5) is 0 Å². The SMILES string of the molecule is OC[C@@H]1OC(O)(CO)[C@@H](O)[C@@H]1O. The molecule has 1 saturated heterocycles. The summed E-state index contributed by atoms with van der Waals surface area (Å²) in [6.45, 7) is -1.36. The Morgan fingerprint density at radius 1 is 1.25 bits per heavy atom. The largest absolute Gasteiger partial charge is 0.394 e. The lowest BCUT2D eigenvalue weighted by Gasteiger charge is -2.22. The maximum atomic E-state index is 9.25. The number of aliphatic hydroxyl groups is 5. The van der Waals surface area contributed by atoms with Crippen LogP contribution >= 0.6 is 0 Å². The van der Waals surface area contributed by atoms with Gasteiger partial charge in [-0.1, -0.05) is 0 Å². The smallest absolute Gasteiger partial charge is 0.219 e. The van der Waals surface area contributed by atoms with Gasteiger partial charge >= 0.3 is 0 Å². The van der Waals surface area contributed by atoms with Crippen LogP contribution in [-0.4, -0.2) is 62.8 Å². The third-order valence-electron chi connectivity index (χ3n) is 1.93. The van der Waals surface area contributed by atoms with Crippen LogP contribution in [0.3, 0.4) is 0 Å². The normalized spacial score (nSPS) is 48.2. The van der Waals surface area contributed by atoms with Crippen molar-refractivity contribution >= 4 is 0 Å². The number of aliphatic hydroxyl groups excluding tert-OH is 4. The molecule has 0 aromatic rings. The summed E-state index contributed by atoms with van der Waals surface area (Å²) in [6.07, 6.45) is -4.04. The van der Waals surface area contributed by atoms with Crippen molar-refractivity contribution in [2.24, 2.45) is 0 Å². The van der Waals surface area contributed by atoms with Crippen LogP contribution in [0.2, 0.25) is 0 Å². The lowest BCUT2D eigenvalue weighted by molar-refractivity contribution is -0.248. The van der Waals surface area contributed by atoms with Gasteiger partial charge in [0.05, 0.1) is 13.2 Å². The van der Waals surface area contributed by atoms with E-state index < -0.39 is 37.3 Å². The summed E-state index contributed by atoms with van der Waals surface area (Å²) in [7, 11) is 0. The Kier molecular flexibility index (Phi) is 2.67. The molecule has 0 aliphatic carbocycles. The Morgan fingerprint density at radius 3 is 2.08 bits per heavy atom. The van der Waals surface area contributed by atoms with E-state index in [9.17, 15) is 5.11 Å². The van der Waals surface area contributed by atoms with Crippen LogP contribution in [0.25, 0.3) is 0 Å². The van der Waals surface area contributed by atoms with Crippen molar-refractivity contribution in [2.75, 3.05) is 13.2 Å². The molecule has 0 spiro atoms. The van der Waals surface area contributed by atoms with Gasteiger partial charge < -0.3 is 30.3 Å². The monoisotopic (exact) mass is 180 g/mol. The van der Waals surface area contributed by atoms with Crippen molar-refractivity contribution < 1.29 is 30.3 Å². The molecule has 6 nitrogen and oxygen atoms in total. The lowest BCUT2D eigenvalue weighted by Crippen LogP contribution is -2.46. The highest BCUT2D eigenvalue weighted by Gasteiger charge is 2.52. The Balaban J connectivity index is 2.72. The predicted molar refractivity (Wildman–Crippen MR) is 36.0 cm³/mol. The molecule has 72 valence electrons. The summed E-state index contributed by atoms with van der Waals surface area (Å²) in [5, 5.41) is 44.7. The molecule has 0 aromatic carbocycles. The molecule has 0 bridgehead atoms. The van der Waals surface area contributed by atoms with Gasteiger partial charge in [-0.3, -0.25) is 0 Å². The van der Waals surface area contributed by atoms with Crippen LogP contribution in [0.5, 0.6) is 0 Å². The van der Waals surface area contributed by atoms with E-state index in [2.05, 4.69) is 4.74 Å². The first kappa shape index (κ1) is 9.85. The van der Waals surface area contributed by atoms with E-state index in [1.807, 2.05) is 0 Å². The van der Waals surface area contributed by atoms with Gasteiger partial charge in [0.2, 0.25) is 5.79 Å². The molecular formula is C6H12O6. The maximum Gasteiger partial charge on any atom is 0.219 e. The number of rotatable bonds is 2. The Labute approximate surface area is 68.6 Å². The van der Waals surface area contributed by atoms with E-state index in [0.29, 0.717) is 0 Å². The summed E-state index contributed by atoms with van der Waals surface area (Å²) >= 11 is 0. The van der Waals surface area contributed by atoms with Crippen molar-refractivity contribution in [2.45, 2.75) is 24.1 Å². The van der Waals surface area contributed by atoms with Crippen LogP contribution in [0, 0.1) is 0 Å². The zero-order chi connectivity index (χ0) is 9.35.